The Morgan fingerprint density at radius 2 is 1.78 bits per heavy atom. The smallest absolute Gasteiger partial charge is 0.165 e. The van der Waals surface area contributed by atoms with E-state index in [1.807, 2.05) is 32.0 Å². The lowest BCUT2D eigenvalue weighted by Gasteiger charge is -2.33. The van der Waals surface area contributed by atoms with Gasteiger partial charge in [-0.15, -0.1) is 0 Å². The third-order valence-electron chi connectivity index (χ3n) is 3.88. The second-order valence-corrected chi connectivity index (χ2v) is 6.21. The molecule has 0 fully saturated rings. The Kier molecular flexibility index (Phi) is 6.31. The monoisotopic (exact) mass is 353 g/mol. The van der Waals surface area contributed by atoms with Crippen LogP contribution in [0.2, 0.25) is 10.0 Å². The van der Waals surface area contributed by atoms with E-state index >= 15 is 0 Å². The summed E-state index contributed by atoms with van der Waals surface area (Å²) < 4.78 is 0. The molecule has 1 N–H and O–H groups in total. The standard InChI is InChI=1S/C16H15Cl2NO2.C2H6/c1-19-8-14(10-2-4-12(21-20)5-3-10)13-6-11(17)7-16(18)15(13)9-19;1-2/h2-7,14,20H,8-9H2,1H3;1-2H3. The Bertz CT molecular complexity index is 659. The SMILES string of the molecule is CC.CN1Cc2c(Cl)cc(Cl)cc2C(c2ccc(OO)cc2)C1. The van der Waals surface area contributed by atoms with E-state index in [0.29, 0.717) is 15.8 Å². The second-order valence-electron chi connectivity index (χ2n) is 5.37. The summed E-state index contributed by atoms with van der Waals surface area (Å²) in [5.74, 6) is 0.620. The molecule has 5 heteroatoms. The second kappa shape index (κ2) is 8.02. The largest absolute Gasteiger partial charge is 0.340 e. The molecule has 0 saturated carbocycles. The Balaban J connectivity index is 0.000000924. The van der Waals surface area contributed by atoms with E-state index in [0.717, 1.165) is 24.2 Å². The van der Waals surface area contributed by atoms with Gasteiger partial charge in [-0.2, -0.15) is 0 Å². The van der Waals surface area contributed by atoms with Crippen molar-refractivity contribution in [1.82, 2.24) is 4.90 Å². The van der Waals surface area contributed by atoms with Crippen molar-refractivity contribution in [2.75, 3.05) is 13.6 Å². The Morgan fingerprint density at radius 3 is 2.39 bits per heavy atom. The Labute approximate surface area is 147 Å². The van der Waals surface area contributed by atoms with Crippen molar-refractivity contribution in [3.05, 3.63) is 63.1 Å². The summed E-state index contributed by atoms with van der Waals surface area (Å²) in [5.41, 5.74) is 3.44. The van der Waals surface area contributed by atoms with E-state index in [2.05, 4.69) is 16.8 Å². The van der Waals surface area contributed by atoms with Gasteiger partial charge in [0.25, 0.3) is 0 Å². The summed E-state index contributed by atoms with van der Waals surface area (Å²) in [4.78, 5) is 6.47. The average Bonchev–Trinajstić information content (AvgIpc) is 2.57. The molecule has 3 nitrogen and oxygen atoms in total. The van der Waals surface area contributed by atoms with Gasteiger partial charge >= 0.3 is 0 Å². The highest BCUT2D eigenvalue weighted by Crippen LogP contribution is 2.38. The zero-order chi connectivity index (χ0) is 17.0. The first-order valence-electron chi connectivity index (χ1n) is 7.66. The van der Waals surface area contributed by atoms with Gasteiger partial charge in [-0.25, -0.2) is 5.26 Å². The summed E-state index contributed by atoms with van der Waals surface area (Å²) >= 11 is 12.5. The highest BCUT2D eigenvalue weighted by Gasteiger charge is 2.27. The Hall–Kier alpha value is -1.26. The lowest BCUT2D eigenvalue weighted by Crippen LogP contribution is -2.31. The molecule has 0 radical (unpaired) electrons. The number of fused-ring (bicyclic) bond motifs is 1. The van der Waals surface area contributed by atoms with Crippen molar-refractivity contribution in [2.24, 2.45) is 0 Å². The van der Waals surface area contributed by atoms with Gasteiger partial charge in [0.2, 0.25) is 0 Å². The lowest BCUT2D eigenvalue weighted by molar-refractivity contribution is -0.137. The van der Waals surface area contributed by atoms with Crippen LogP contribution in [0.25, 0.3) is 0 Å². The first-order chi connectivity index (χ1) is 11.1. The van der Waals surface area contributed by atoms with E-state index in [1.165, 1.54) is 5.56 Å². The zero-order valence-electron chi connectivity index (χ0n) is 13.5. The van der Waals surface area contributed by atoms with Crippen molar-refractivity contribution in [2.45, 2.75) is 26.3 Å². The molecule has 0 aliphatic carbocycles. The highest BCUT2D eigenvalue weighted by molar-refractivity contribution is 6.35. The normalized spacial score (nSPS) is 17.0. The van der Waals surface area contributed by atoms with E-state index < -0.39 is 0 Å². The van der Waals surface area contributed by atoms with Crippen LogP contribution in [-0.2, 0) is 6.54 Å². The molecule has 0 bridgehead atoms. The number of halogens is 2. The van der Waals surface area contributed by atoms with Crippen molar-refractivity contribution >= 4 is 23.2 Å². The topological polar surface area (TPSA) is 32.7 Å². The maximum absolute atomic E-state index is 8.67. The molecule has 2 aromatic carbocycles. The third kappa shape index (κ3) is 3.99. The van der Waals surface area contributed by atoms with Gasteiger partial charge in [-0.05, 0) is 48.0 Å². The number of likely N-dealkylation sites (N-methyl/N-ethyl adjacent to an activating group) is 1. The van der Waals surface area contributed by atoms with Crippen LogP contribution in [0, 0.1) is 0 Å². The molecular weight excluding hydrogens is 333 g/mol. The van der Waals surface area contributed by atoms with Crippen LogP contribution in [0.15, 0.2) is 36.4 Å². The fourth-order valence-electron chi connectivity index (χ4n) is 2.89. The predicted octanol–water partition coefficient (Wildman–Crippen LogP) is 5.45. The van der Waals surface area contributed by atoms with Gasteiger partial charge in [0.15, 0.2) is 5.75 Å². The van der Waals surface area contributed by atoms with Crippen LogP contribution in [0.3, 0.4) is 0 Å². The molecule has 1 aliphatic heterocycles. The molecule has 3 rings (SSSR count). The zero-order valence-corrected chi connectivity index (χ0v) is 15.0. The lowest BCUT2D eigenvalue weighted by atomic mass is 9.85. The summed E-state index contributed by atoms with van der Waals surface area (Å²) in [5, 5.41) is 10.0. The molecule has 124 valence electrons. The van der Waals surface area contributed by atoms with Crippen LogP contribution in [0.4, 0.5) is 0 Å². The molecular formula is C18H21Cl2NO2. The summed E-state index contributed by atoms with van der Waals surface area (Å²) in [6, 6.07) is 11.2. The van der Waals surface area contributed by atoms with Crippen molar-refractivity contribution in [1.29, 1.82) is 0 Å². The van der Waals surface area contributed by atoms with E-state index in [-0.39, 0.29) is 5.92 Å². The predicted molar refractivity (Wildman–Crippen MR) is 95.7 cm³/mol. The molecule has 1 heterocycles. The molecule has 0 saturated heterocycles. The number of hydrogen-bond donors (Lipinski definition) is 1. The molecule has 0 spiro atoms. The maximum atomic E-state index is 8.67. The minimum absolute atomic E-state index is 0.197. The van der Waals surface area contributed by atoms with Crippen molar-refractivity contribution in [3.63, 3.8) is 0 Å². The minimum atomic E-state index is 0.197. The quantitative estimate of drug-likeness (QED) is 0.575. The van der Waals surface area contributed by atoms with Gasteiger partial charge in [0, 0.05) is 29.1 Å². The number of rotatable bonds is 2. The van der Waals surface area contributed by atoms with Crippen LogP contribution in [-0.4, -0.2) is 23.7 Å². The number of hydrogen-bond acceptors (Lipinski definition) is 3. The first-order valence-corrected chi connectivity index (χ1v) is 8.42. The molecule has 0 amide bonds. The first kappa shape index (κ1) is 18.1. The fraction of sp³-hybridized carbons (Fsp3) is 0.333. The van der Waals surface area contributed by atoms with Gasteiger partial charge in [-0.1, -0.05) is 49.2 Å². The number of nitrogens with zero attached hydrogens (tertiary/aromatic N) is 1. The molecule has 2 aromatic rings. The van der Waals surface area contributed by atoms with Crippen molar-refractivity contribution in [3.8, 4) is 5.75 Å². The molecule has 1 unspecified atom stereocenters. The summed E-state index contributed by atoms with van der Waals surface area (Å²) in [7, 11) is 2.08. The van der Waals surface area contributed by atoms with E-state index in [4.69, 9.17) is 28.5 Å². The van der Waals surface area contributed by atoms with E-state index in [9.17, 15) is 0 Å². The number of benzene rings is 2. The third-order valence-corrected chi connectivity index (χ3v) is 4.44. The minimum Gasteiger partial charge on any atom is -0.340 e. The fourth-order valence-corrected chi connectivity index (χ4v) is 3.46. The van der Waals surface area contributed by atoms with E-state index in [1.54, 1.807) is 18.2 Å². The summed E-state index contributed by atoms with van der Waals surface area (Å²) in [6.45, 7) is 5.71. The van der Waals surface area contributed by atoms with Crippen LogP contribution >= 0.6 is 23.2 Å². The maximum Gasteiger partial charge on any atom is 0.165 e. The summed E-state index contributed by atoms with van der Waals surface area (Å²) in [6.07, 6.45) is 0. The average molecular weight is 354 g/mol. The van der Waals surface area contributed by atoms with Gasteiger partial charge in [0.05, 0.1) is 0 Å². The van der Waals surface area contributed by atoms with Crippen LogP contribution in [0.5, 0.6) is 5.75 Å². The van der Waals surface area contributed by atoms with Gasteiger partial charge in [-0.3, -0.25) is 0 Å². The van der Waals surface area contributed by atoms with Crippen LogP contribution in [0.1, 0.15) is 36.5 Å². The van der Waals surface area contributed by atoms with Crippen LogP contribution < -0.4 is 4.89 Å². The molecule has 1 atom stereocenters. The Morgan fingerprint density at radius 1 is 1.13 bits per heavy atom. The van der Waals surface area contributed by atoms with Crippen molar-refractivity contribution < 1.29 is 10.1 Å². The highest BCUT2D eigenvalue weighted by atomic mass is 35.5. The molecule has 0 aromatic heterocycles. The van der Waals surface area contributed by atoms with Gasteiger partial charge in [0.1, 0.15) is 0 Å². The molecule has 23 heavy (non-hydrogen) atoms. The van der Waals surface area contributed by atoms with Gasteiger partial charge < -0.3 is 9.79 Å². The molecule has 1 aliphatic rings.